The Morgan fingerprint density at radius 1 is 1.43 bits per heavy atom. The SMILES string of the molecule is COCCOCCC(=O)NC1CCOc2c(Cl)cccc21. The minimum absolute atomic E-state index is 0.0368. The lowest BCUT2D eigenvalue weighted by Crippen LogP contribution is -2.32. The highest BCUT2D eigenvalue weighted by atomic mass is 35.5. The molecule has 0 spiro atoms. The number of para-hydroxylation sites is 1. The monoisotopic (exact) mass is 313 g/mol. The Kier molecular flexibility index (Phi) is 6.29. The van der Waals surface area contributed by atoms with E-state index in [0.717, 1.165) is 12.0 Å². The summed E-state index contributed by atoms with van der Waals surface area (Å²) in [6.07, 6.45) is 1.07. The lowest BCUT2D eigenvalue weighted by molar-refractivity contribution is -0.123. The van der Waals surface area contributed by atoms with E-state index in [1.165, 1.54) is 0 Å². The molecule has 1 amide bonds. The average molecular weight is 314 g/mol. The molecule has 116 valence electrons. The molecule has 0 saturated heterocycles. The molecule has 1 aliphatic rings. The highest BCUT2D eigenvalue weighted by Crippen LogP contribution is 2.37. The van der Waals surface area contributed by atoms with Crippen LogP contribution < -0.4 is 10.1 Å². The van der Waals surface area contributed by atoms with Gasteiger partial charge in [-0.15, -0.1) is 0 Å². The van der Waals surface area contributed by atoms with Crippen molar-refractivity contribution < 1.29 is 19.0 Å². The Morgan fingerprint density at radius 2 is 2.29 bits per heavy atom. The van der Waals surface area contributed by atoms with E-state index < -0.39 is 0 Å². The summed E-state index contributed by atoms with van der Waals surface area (Å²) < 4.78 is 15.7. The van der Waals surface area contributed by atoms with Gasteiger partial charge in [-0.05, 0) is 6.07 Å². The number of methoxy groups -OCH3 is 1. The van der Waals surface area contributed by atoms with E-state index in [-0.39, 0.29) is 11.9 Å². The quantitative estimate of drug-likeness (QED) is 0.785. The Hall–Kier alpha value is -1.30. The summed E-state index contributed by atoms with van der Waals surface area (Å²) in [4.78, 5) is 11.9. The maximum atomic E-state index is 11.9. The van der Waals surface area contributed by atoms with Crippen LogP contribution in [0.5, 0.6) is 5.75 Å². The Balaban J connectivity index is 1.84. The van der Waals surface area contributed by atoms with E-state index >= 15 is 0 Å². The molecule has 1 unspecified atom stereocenters. The third kappa shape index (κ3) is 4.59. The minimum Gasteiger partial charge on any atom is -0.492 e. The number of hydrogen-bond donors (Lipinski definition) is 1. The lowest BCUT2D eigenvalue weighted by Gasteiger charge is -2.27. The van der Waals surface area contributed by atoms with Crippen molar-refractivity contribution >= 4 is 17.5 Å². The molecule has 5 nitrogen and oxygen atoms in total. The van der Waals surface area contributed by atoms with Crippen molar-refractivity contribution in [2.75, 3.05) is 33.5 Å². The van der Waals surface area contributed by atoms with Gasteiger partial charge in [0.15, 0.2) is 0 Å². The van der Waals surface area contributed by atoms with Crippen LogP contribution in [0, 0.1) is 0 Å². The molecule has 1 aliphatic heterocycles. The largest absolute Gasteiger partial charge is 0.492 e. The van der Waals surface area contributed by atoms with Gasteiger partial charge >= 0.3 is 0 Å². The van der Waals surface area contributed by atoms with Crippen LogP contribution in [0.3, 0.4) is 0 Å². The van der Waals surface area contributed by atoms with E-state index in [1.807, 2.05) is 12.1 Å². The molecule has 1 N–H and O–H groups in total. The zero-order chi connectivity index (χ0) is 15.1. The minimum atomic E-state index is -0.0566. The van der Waals surface area contributed by atoms with Crippen LogP contribution >= 0.6 is 11.6 Å². The number of carbonyl (C=O) groups is 1. The molecule has 0 radical (unpaired) electrons. The predicted octanol–water partition coefficient (Wildman–Crippen LogP) is 2.33. The fraction of sp³-hybridized carbons (Fsp3) is 0.533. The van der Waals surface area contributed by atoms with E-state index in [1.54, 1.807) is 13.2 Å². The first-order valence-electron chi connectivity index (χ1n) is 6.99. The topological polar surface area (TPSA) is 56.8 Å². The summed E-state index contributed by atoms with van der Waals surface area (Å²) in [6.45, 7) is 1.97. The molecule has 0 aromatic heterocycles. The number of ether oxygens (including phenoxy) is 3. The molecular weight excluding hydrogens is 294 g/mol. The second-order valence-corrected chi connectivity index (χ2v) is 5.18. The first-order chi connectivity index (χ1) is 10.2. The van der Waals surface area contributed by atoms with Crippen LogP contribution in [0.1, 0.15) is 24.4 Å². The fourth-order valence-corrected chi connectivity index (χ4v) is 2.45. The fourth-order valence-electron chi connectivity index (χ4n) is 2.21. The zero-order valence-electron chi connectivity index (χ0n) is 12.1. The summed E-state index contributed by atoms with van der Waals surface area (Å²) in [5.41, 5.74) is 0.933. The smallest absolute Gasteiger partial charge is 0.222 e. The molecule has 0 fully saturated rings. The number of hydrogen-bond acceptors (Lipinski definition) is 4. The number of nitrogens with one attached hydrogen (secondary N) is 1. The van der Waals surface area contributed by atoms with Gasteiger partial charge in [0.2, 0.25) is 5.91 Å². The summed E-state index contributed by atoms with van der Waals surface area (Å²) in [7, 11) is 1.61. The Bertz CT molecular complexity index is 481. The van der Waals surface area contributed by atoms with Crippen LogP contribution in [-0.2, 0) is 14.3 Å². The highest BCUT2D eigenvalue weighted by Gasteiger charge is 2.24. The van der Waals surface area contributed by atoms with Crippen LogP contribution in [-0.4, -0.2) is 39.4 Å². The number of halogens is 1. The second-order valence-electron chi connectivity index (χ2n) is 4.77. The van der Waals surface area contributed by atoms with Gasteiger partial charge < -0.3 is 19.5 Å². The number of carbonyl (C=O) groups excluding carboxylic acids is 1. The normalized spacial score (nSPS) is 17.0. The summed E-state index contributed by atoms with van der Waals surface area (Å²) in [6, 6.07) is 5.52. The molecule has 2 rings (SSSR count). The molecule has 0 bridgehead atoms. The van der Waals surface area contributed by atoms with Crippen LogP contribution in [0.4, 0.5) is 0 Å². The van der Waals surface area contributed by atoms with Crippen molar-refractivity contribution in [2.24, 2.45) is 0 Å². The van der Waals surface area contributed by atoms with E-state index in [9.17, 15) is 4.79 Å². The lowest BCUT2D eigenvalue weighted by atomic mass is 10.0. The molecular formula is C15H20ClNO4. The number of fused-ring (bicyclic) bond motifs is 1. The first kappa shape index (κ1) is 16.1. The van der Waals surface area contributed by atoms with Gasteiger partial charge in [-0.1, -0.05) is 23.7 Å². The molecule has 1 heterocycles. The van der Waals surface area contributed by atoms with Crippen molar-refractivity contribution in [1.29, 1.82) is 0 Å². The summed E-state index contributed by atoms with van der Waals surface area (Å²) >= 11 is 6.11. The van der Waals surface area contributed by atoms with Gasteiger partial charge in [-0.2, -0.15) is 0 Å². The Morgan fingerprint density at radius 3 is 3.10 bits per heavy atom. The van der Waals surface area contributed by atoms with Crippen LogP contribution in [0.15, 0.2) is 18.2 Å². The molecule has 1 aromatic rings. The standard InChI is InChI=1S/C15H20ClNO4/c1-19-9-10-20-7-6-14(18)17-13-5-8-21-15-11(13)3-2-4-12(15)16/h2-4,13H,5-10H2,1H3,(H,17,18). The first-order valence-corrected chi connectivity index (χ1v) is 7.37. The van der Waals surface area contributed by atoms with Gasteiger partial charge in [0.1, 0.15) is 5.75 Å². The highest BCUT2D eigenvalue weighted by molar-refractivity contribution is 6.32. The van der Waals surface area contributed by atoms with Crippen molar-refractivity contribution in [3.05, 3.63) is 28.8 Å². The number of amides is 1. The van der Waals surface area contributed by atoms with Crippen LogP contribution in [0.2, 0.25) is 5.02 Å². The zero-order valence-corrected chi connectivity index (χ0v) is 12.8. The molecule has 6 heteroatoms. The Labute approximate surface area is 129 Å². The maximum Gasteiger partial charge on any atom is 0.222 e. The molecule has 21 heavy (non-hydrogen) atoms. The second kappa shape index (κ2) is 8.22. The maximum absolute atomic E-state index is 11.9. The van der Waals surface area contributed by atoms with Gasteiger partial charge in [0, 0.05) is 25.5 Å². The predicted molar refractivity (Wildman–Crippen MR) is 79.8 cm³/mol. The average Bonchev–Trinajstić information content (AvgIpc) is 2.48. The van der Waals surface area contributed by atoms with Crippen LogP contribution in [0.25, 0.3) is 0 Å². The molecule has 0 aliphatic carbocycles. The summed E-state index contributed by atoms with van der Waals surface area (Å²) in [5, 5.41) is 3.58. The van der Waals surface area contributed by atoms with Gasteiger partial charge in [0.05, 0.1) is 37.5 Å². The van der Waals surface area contributed by atoms with Gasteiger partial charge in [0.25, 0.3) is 0 Å². The van der Waals surface area contributed by atoms with Crippen molar-refractivity contribution in [2.45, 2.75) is 18.9 Å². The van der Waals surface area contributed by atoms with E-state index in [2.05, 4.69) is 5.32 Å². The van der Waals surface area contributed by atoms with Gasteiger partial charge in [-0.25, -0.2) is 0 Å². The van der Waals surface area contributed by atoms with E-state index in [0.29, 0.717) is 43.6 Å². The number of benzene rings is 1. The summed E-state index contributed by atoms with van der Waals surface area (Å²) in [5.74, 6) is 0.636. The number of rotatable bonds is 7. The van der Waals surface area contributed by atoms with Crippen molar-refractivity contribution in [1.82, 2.24) is 5.32 Å². The van der Waals surface area contributed by atoms with Gasteiger partial charge in [-0.3, -0.25) is 4.79 Å². The third-order valence-corrected chi connectivity index (χ3v) is 3.56. The van der Waals surface area contributed by atoms with E-state index in [4.69, 9.17) is 25.8 Å². The third-order valence-electron chi connectivity index (χ3n) is 3.27. The van der Waals surface area contributed by atoms with Crippen molar-refractivity contribution in [3.63, 3.8) is 0 Å². The molecule has 0 saturated carbocycles. The molecule has 1 aromatic carbocycles. The van der Waals surface area contributed by atoms with Crippen molar-refractivity contribution in [3.8, 4) is 5.75 Å². The molecule has 1 atom stereocenters.